The maximum absolute atomic E-state index is 10.7. The standard InChI is InChI=1S/C12H14N2O/c1-8(2)9-4-5-11-10(6-9)13-12(7-15)14(11)3/h4-8H,1-3H3. The first-order chi connectivity index (χ1) is 7.13. The molecule has 15 heavy (non-hydrogen) atoms. The molecule has 78 valence electrons. The van der Waals surface area contributed by atoms with E-state index in [0.717, 1.165) is 17.3 Å². The summed E-state index contributed by atoms with van der Waals surface area (Å²) in [5.41, 5.74) is 3.14. The van der Waals surface area contributed by atoms with Crippen LogP contribution >= 0.6 is 0 Å². The number of rotatable bonds is 2. The van der Waals surface area contributed by atoms with E-state index >= 15 is 0 Å². The lowest BCUT2D eigenvalue weighted by atomic mass is 10.0. The van der Waals surface area contributed by atoms with Gasteiger partial charge in [0, 0.05) is 7.05 Å². The molecule has 0 aliphatic rings. The Bertz CT molecular complexity index is 512. The third-order valence-electron chi connectivity index (χ3n) is 2.71. The fourth-order valence-electron chi connectivity index (χ4n) is 1.70. The zero-order chi connectivity index (χ0) is 11.0. The highest BCUT2D eigenvalue weighted by atomic mass is 16.1. The molecule has 1 aromatic heterocycles. The lowest BCUT2D eigenvalue weighted by Crippen LogP contribution is -1.94. The molecule has 0 unspecified atom stereocenters. The van der Waals surface area contributed by atoms with Crippen molar-refractivity contribution >= 4 is 17.3 Å². The van der Waals surface area contributed by atoms with Gasteiger partial charge in [-0.15, -0.1) is 0 Å². The van der Waals surface area contributed by atoms with Gasteiger partial charge in [0.2, 0.25) is 0 Å². The van der Waals surface area contributed by atoms with Gasteiger partial charge in [-0.3, -0.25) is 4.79 Å². The van der Waals surface area contributed by atoms with E-state index in [1.165, 1.54) is 5.56 Å². The summed E-state index contributed by atoms with van der Waals surface area (Å²) in [6, 6.07) is 6.15. The van der Waals surface area contributed by atoms with E-state index in [9.17, 15) is 4.79 Å². The highest BCUT2D eigenvalue weighted by Gasteiger charge is 2.08. The molecule has 0 spiro atoms. The summed E-state index contributed by atoms with van der Waals surface area (Å²) in [5, 5.41) is 0. The molecule has 0 aliphatic carbocycles. The average Bonchev–Trinajstić information content (AvgIpc) is 2.55. The molecule has 0 radical (unpaired) electrons. The first-order valence-electron chi connectivity index (χ1n) is 5.05. The monoisotopic (exact) mass is 202 g/mol. The topological polar surface area (TPSA) is 34.9 Å². The lowest BCUT2D eigenvalue weighted by molar-refractivity contribution is 0.111. The zero-order valence-corrected chi connectivity index (χ0v) is 9.19. The van der Waals surface area contributed by atoms with Crippen molar-refractivity contribution in [2.75, 3.05) is 0 Å². The Morgan fingerprint density at radius 1 is 1.40 bits per heavy atom. The van der Waals surface area contributed by atoms with E-state index in [4.69, 9.17) is 0 Å². The van der Waals surface area contributed by atoms with Crippen LogP contribution in [0, 0.1) is 0 Å². The third-order valence-corrected chi connectivity index (χ3v) is 2.71. The van der Waals surface area contributed by atoms with Crippen molar-refractivity contribution in [3.8, 4) is 0 Å². The van der Waals surface area contributed by atoms with Gasteiger partial charge in [0.05, 0.1) is 11.0 Å². The quantitative estimate of drug-likeness (QED) is 0.701. The maximum atomic E-state index is 10.7. The summed E-state index contributed by atoms with van der Waals surface area (Å²) in [6.45, 7) is 4.29. The van der Waals surface area contributed by atoms with Crippen molar-refractivity contribution in [1.82, 2.24) is 9.55 Å². The minimum atomic E-state index is 0.478. The first kappa shape index (κ1) is 9.90. The van der Waals surface area contributed by atoms with E-state index < -0.39 is 0 Å². The van der Waals surface area contributed by atoms with Crippen LogP contribution in [-0.2, 0) is 7.05 Å². The fraction of sp³-hybridized carbons (Fsp3) is 0.333. The van der Waals surface area contributed by atoms with Gasteiger partial charge in [-0.05, 0) is 23.6 Å². The van der Waals surface area contributed by atoms with Crippen LogP contribution in [0.25, 0.3) is 11.0 Å². The number of aldehydes is 1. The summed E-state index contributed by atoms with van der Waals surface area (Å²) in [7, 11) is 1.86. The first-order valence-corrected chi connectivity index (χ1v) is 5.05. The number of carbonyl (C=O) groups is 1. The molecule has 0 fully saturated rings. The molecule has 0 atom stereocenters. The van der Waals surface area contributed by atoms with Crippen LogP contribution in [0.3, 0.4) is 0 Å². The molecule has 0 saturated heterocycles. The Morgan fingerprint density at radius 2 is 2.13 bits per heavy atom. The van der Waals surface area contributed by atoms with Crippen LogP contribution in [-0.4, -0.2) is 15.8 Å². The molecule has 0 aliphatic heterocycles. The molecule has 0 bridgehead atoms. The molecule has 2 aromatic rings. The fourth-order valence-corrected chi connectivity index (χ4v) is 1.70. The van der Waals surface area contributed by atoms with E-state index in [-0.39, 0.29) is 0 Å². The summed E-state index contributed by atoms with van der Waals surface area (Å²) in [4.78, 5) is 15.0. The summed E-state index contributed by atoms with van der Waals surface area (Å²) >= 11 is 0. The minimum Gasteiger partial charge on any atom is -0.325 e. The van der Waals surface area contributed by atoms with Gasteiger partial charge in [-0.1, -0.05) is 19.9 Å². The second-order valence-corrected chi connectivity index (χ2v) is 4.05. The SMILES string of the molecule is CC(C)c1ccc2c(c1)nc(C=O)n2C. The van der Waals surface area contributed by atoms with E-state index in [0.29, 0.717) is 11.7 Å². The number of nitrogens with zero attached hydrogens (tertiary/aromatic N) is 2. The van der Waals surface area contributed by atoms with Crippen molar-refractivity contribution in [3.05, 3.63) is 29.6 Å². The van der Waals surface area contributed by atoms with Crippen LogP contribution in [0.2, 0.25) is 0 Å². The molecule has 1 heterocycles. The number of aryl methyl sites for hydroxylation is 1. The minimum absolute atomic E-state index is 0.478. The normalized spacial score (nSPS) is 11.2. The van der Waals surface area contributed by atoms with Crippen LogP contribution < -0.4 is 0 Å². The Hall–Kier alpha value is -1.64. The third kappa shape index (κ3) is 1.54. The second kappa shape index (κ2) is 3.50. The molecule has 0 amide bonds. The van der Waals surface area contributed by atoms with Crippen molar-refractivity contribution < 1.29 is 4.79 Å². The van der Waals surface area contributed by atoms with Gasteiger partial charge in [0.15, 0.2) is 12.1 Å². The maximum Gasteiger partial charge on any atom is 0.185 e. The van der Waals surface area contributed by atoms with Gasteiger partial charge in [0.25, 0.3) is 0 Å². The molecule has 3 nitrogen and oxygen atoms in total. The predicted molar refractivity (Wildman–Crippen MR) is 60.2 cm³/mol. The van der Waals surface area contributed by atoms with Crippen molar-refractivity contribution in [1.29, 1.82) is 0 Å². The molecular weight excluding hydrogens is 188 g/mol. The Morgan fingerprint density at radius 3 is 2.73 bits per heavy atom. The number of benzene rings is 1. The van der Waals surface area contributed by atoms with Gasteiger partial charge in [-0.25, -0.2) is 4.98 Å². The Labute approximate surface area is 88.7 Å². The van der Waals surface area contributed by atoms with Crippen LogP contribution in [0.15, 0.2) is 18.2 Å². The predicted octanol–water partition coefficient (Wildman–Crippen LogP) is 2.51. The molecule has 0 N–H and O–H groups in total. The molecular formula is C12H14N2O. The van der Waals surface area contributed by atoms with Gasteiger partial charge < -0.3 is 4.57 Å². The van der Waals surface area contributed by atoms with E-state index in [2.05, 4.69) is 24.9 Å². The number of aromatic nitrogens is 2. The van der Waals surface area contributed by atoms with Gasteiger partial charge in [0.1, 0.15) is 0 Å². The summed E-state index contributed by atoms with van der Waals surface area (Å²) in [5.74, 6) is 0.960. The lowest BCUT2D eigenvalue weighted by Gasteiger charge is -2.04. The number of carbonyl (C=O) groups excluding carboxylic acids is 1. The van der Waals surface area contributed by atoms with E-state index in [1.807, 2.05) is 23.7 Å². The molecule has 3 heteroatoms. The number of fused-ring (bicyclic) bond motifs is 1. The summed E-state index contributed by atoms with van der Waals surface area (Å²) in [6.07, 6.45) is 0.787. The van der Waals surface area contributed by atoms with E-state index in [1.54, 1.807) is 0 Å². The Balaban J connectivity index is 2.68. The summed E-state index contributed by atoms with van der Waals surface area (Å²) < 4.78 is 1.81. The van der Waals surface area contributed by atoms with Crippen LogP contribution in [0.4, 0.5) is 0 Å². The van der Waals surface area contributed by atoms with Crippen molar-refractivity contribution in [3.63, 3.8) is 0 Å². The molecule has 0 saturated carbocycles. The largest absolute Gasteiger partial charge is 0.325 e. The van der Waals surface area contributed by atoms with Crippen LogP contribution in [0.1, 0.15) is 35.9 Å². The number of hydrogen-bond acceptors (Lipinski definition) is 2. The smallest absolute Gasteiger partial charge is 0.185 e. The molecule has 2 rings (SSSR count). The zero-order valence-electron chi connectivity index (χ0n) is 9.19. The highest BCUT2D eigenvalue weighted by Crippen LogP contribution is 2.20. The van der Waals surface area contributed by atoms with Gasteiger partial charge in [-0.2, -0.15) is 0 Å². The highest BCUT2D eigenvalue weighted by molar-refractivity contribution is 5.83. The van der Waals surface area contributed by atoms with Crippen molar-refractivity contribution in [2.24, 2.45) is 7.05 Å². The molecule has 1 aromatic carbocycles. The van der Waals surface area contributed by atoms with Crippen molar-refractivity contribution in [2.45, 2.75) is 19.8 Å². The second-order valence-electron chi connectivity index (χ2n) is 4.05. The van der Waals surface area contributed by atoms with Crippen LogP contribution in [0.5, 0.6) is 0 Å². The number of imidazole rings is 1. The number of hydrogen-bond donors (Lipinski definition) is 0. The van der Waals surface area contributed by atoms with Gasteiger partial charge >= 0.3 is 0 Å². The Kier molecular flexibility index (Phi) is 2.31. The average molecular weight is 202 g/mol.